The fraction of sp³-hybridized carbons (Fsp3) is 0.780. The number of hydrogen-bond acceptors (Lipinski definition) is 3. The third kappa shape index (κ3) is 33.5. The van der Waals surface area contributed by atoms with E-state index in [1.807, 2.05) is 6.08 Å². The number of carbonyl (C=O) groups excluding carboxylic acids is 1. The Morgan fingerprint density at radius 3 is 1.47 bits per heavy atom. The minimum atomic E-state index is -0.843. The first-order valence-corrected chi connectivity index (χ1v) is 19.4. The molecule has 0 bridgehead atoms. The normalized spacial score (nSPS) is 13.6. The number of unbranched alkanes of at least 4 members (excludes halogenated alkanes) is 21. The molecule has 0 saturated carbocycles. The lowest BCUT2D eigenvalue weighted by Crippen LogP contribution is -2.45. The van der Waals surface area contributed by atoms with Crippen LogP contribution >= 0.6 is 0 Å². The molecule has 0 aliphatic heterocycles. The number of allylic oxidation sites excluding steroid dienone is 7. The van der Waals surface area contributed by atoms with Gasteiger partial charge in [-0.15, -0.1) is 0 Å². The molecule has 45 heavy (non-hydrogen) atoms. The van der Waals surface area contributed by atoms with Gasteiger partial charge in [-0.2, -0.15) is 0 Å². The number of rotatable bonds is 34. The highest BCUT2D eigenvalue weighted by molar-refractivity contribution is 5.76. The van der Waals surface area contributed by atoms with E-state index in [1.165, 1.54) is 109 Å². The highest BCUT2D eigenvalue weighted by Crippen LogP contribution is 2.14. The SMILES string of the molecule is CC/C=C\C/C=C\C/C=C\CCCCCCCCCC(=O)NC(CO)C(O)/C=C/CCCCCCCCCCCCCCCC. The zero-order chi connectivity index (χ0) is 32.9. The van der Waals surface area contributed by atoms with Gasteiger partial charge >= 0.3 is 0 Å². The molecule has 3 N–H and O–H groups in total. The predicted molar refractivity (Wildman–Crippen MR) is 198 cm³/mol. The van der Waals surface area contributed by atoms with Gasteiger partial charge in [-0.3, -0.25) is 4.79 Å². The van der Waals surface area contributed by atoms with E-state index in [0.29, 0.717) is 6.42 Å². The van der Waals surface area contributed by atoms with Crippen LogP contribution in [0, 0.1) is 0 Å². The van der Waals surface area contributed by atoms with Crippen LogP contribution < -0.4 is 5.32 Å². The van der Waals surface area contributed by atoms with Crippen molar-refractivity contribution in [2.24, 2.45) is 0 Å². The summed E-state index contributed by atoms with van der Waals surface area (Å²) in [5.41, 5.74) is 0. The van der Waals surface area contributed by atoms with Gasteiger partial charge in [0.15, 0.2) is 0 Å². The summed E-state index contributed by atoms with van der Waals surface area (Å²) in [6.45, 7) is 4.18. The highest BCUT2D eigenvalue weighted by Gasteiger charge is 2.17. The smallest absolute Gasteiger partial charge is 0.220 e. The minimum Gasteiger partial charge on any atom is -0.394 e. The predicted octanol–water partition coefficient (Wildman–Crippen LogP) is 11.6. The van der Waals surface area contributed by atoms with Crippen LogP contribution in [0.25, 0.3) is 0 Å². The number of hydrogen-bond donors (Lipinski definition) is 3. The van der Waals surface area contributed by atoms with Crippen molar-refractivity contribution in [1.82, 2.24) is 5.32 Å². The van der Waals surface area contributed by atoms with Gasteiger partial charge in [0.25, 0.3) is 0 Å². The first-order chi connectivity index (χ1) is 22.2. The third-order valence-electron chi connectivity index (χ3n) is 8.57. The summed E-state index contributed by atoms with van der Waals surface area (Å²) in [6.07, 6.45) is 49.1. The van der Waals surface area contributed by atoms with Crippen molar-refractivity contribution in [2.75, 3.05) is 6.61 Å². The summed E-state index contributed by atoms with van der Waals surface area (Å²) < 4.78 is 0. The lowest BCUT2D eigenvalue weighted by Gasteiger charge is -2.20. The maximum atomic E-state index is 12.3. The van der Waals surface area contributed by atoms with Crippen LogP contribution in [0.2, 0.25) is 0 Å². The van der Waals surface area contributed by atoms with Crippen molar-refractivity contribution in [3.8, 4) is 0 Å². The van der Waals surface area contributed by atoms with Gasteiger partial charge in [0.05, 0.1) is 18.8 Å². The number of amides is 1. The van der Waals surface area contributed by atoms with Crippen molar-refractivity contribution in [1.29, 1.82) is 0 Å². The highest BCUT2D eigenvalue weighted by atomic mass is 16.3. The Labute approximate surface area is 280 Å². The number of aliphatic hydroxyl groups excluding tert-OH is 2. The molecule has 2 atom stereocenters. The maximum Gasteiger partial charge on any atom is 0.220 e. The molecule has 0 fully saturated rings. The lowest BCUT2D eigenvalue weighted by molar-refractivity contribution is -0.123. The van der Waals surface area contributed by atoms with E-state index in [-0.39, 0.29) is 12.5 Å². The molecule has 0 aliphatic carbocycles. The summed E-state index contributed by atoms with van der Waals surface area (Å²) in [5, 5.41) is 22.9. The van der Waals surface area contributed by atoms with Crippen LogP contribution in [0.15, 0.2) is 48.6 Å². The second-order valence-electron chi connectivity index (χ2n) is 13.0. The van der Waals surface area contributed by atoms with E-state index < -0.39 is 12.1 Å². The monoisotopic (exact) mass is 630 g/mol. The molecule has 0 aromatic carbocycles. The van der Waals surface area contributed by atoms with Crippen molar-refractivity contribution in [3.63, 3.8) is 0 Å². The van der Waals surface area contributed by atoms with Gasteiger partial charge in [0.1, 0.15) is 0 Å². The van der Waals surface area contributed by atoms with Gasteiger partial charge in [0.2, 0.25) is 5.91 Å². The van der Waals surface area contributed by atoms with Crippen LogP contribution in [-0.4, -0.2) is 34.9 Å². The Kier molecular flexibility index (Phi) is 35.5. The topological polar surface area (TPSA) is 69.6 Å². The van der Waals surface area contributed by atoms with E-state index in [4.69, 9.17) is 0 Å². The molecular weight excluding hydrogens is 554 g/mol. The standard InChI is InChI=1S/C41H75NO3/c1-3-5-7-9-11-13-15-17-19-21-23-25-27-29-31-33-35-37-41(45)42-39(38-43)40(44)36-34-32-30-28-26-24-22-20-18-16-14-12-10-8-6-4-2/h5,7,11,13,17,19,34,36,39-40,43-44H,3-4,6,8-10,12,14-16,18,20-33,35,37-38H2,1-2H3,(H,42,45)/b7-5-,13-11-,19-17-,36-34+. The van der Waals surface area contributed by atoms with Crippen LogP contribution in [0.3, 0.4) is 0 Å². The summed E-state index contributed by atoms with van der Waals surface area (Å²) in [4.78, 5) is 12.3. The van der Waals surface area contributed by atoms with Crippen molar-refractivity contribution in [2.45, 2.75) is 199 Å². The van der Waals surface area contributed by atoms with Crippen LogP contribution in [0.1, 0.15) is 187 Å². The number of carbonyl (C=O) groups is 1. The first kappa shape index (κ1) is 43.4. The average molecular weight is 630 g/mol. The van der Waals surface area contributed by atoms with Gasteiger partial charge in [-0.1, -0.05) is 178 Å². The number of nitrogens with one attached hydrogen (secondary N) is 1. The molecule has 0 aromatic heterocycles. The first-order valence-electron chi connectivity index (χ1n) is 19.4. The van der Waals surface area contributed by atoms with Gasteiger partial charge in [0, 0.05) is 6.42 Å². The Balaban J connectivity index is 3.64. The average Bonchev–Trinajstić information content (AvgIpc) is 3.04. The molecule has 4 nitrogen and oxygen atoms in total. The Morgan fingerprint density at radius 1 is 0.556 bits per heavy atom. The van der Waals surface area contributed by atoms with Crippen LogP contribution in [0.5, 0.6) is 0 Å². The second-order valence-corrected chi connectivity index (χ2v) is 13.0. The summed E-state index contributed by atoms with van der Waals surface area (Å²) in [7, 11) is 0. The van der Waals surface area contributed by atoms with Crippen molar-refractivity contribution in [3.05, 3.63) is 48.6 Å². The second kappa shape index (κ2) is 36.8. The van der Waals surface area contributed by atoms with Crippen molar-refractivity contribution < 1.29 is 15.0 Å². The molecule has 0 spiro atoms. The Hall–Kier alpha value is -1.65. The lowest BCUT2D eigenvalue weighted by atomic mass is 10.0. The van der Waals surface area contributed by atoms with Crippen molar-refractivity contribution >= 4 is 5.91 Å². The van der Waals surface area contributed by atoms with E-state index in [9.17, 15) is 15.0 Å². The van der Waals surface area contributed by atoms with Gasteiger partial charge in [-0.25, -0.2) is 0 Å². The molecule has 4 heteroatoms. The fourth-order valence-corrected chi connectivity index (χ4v) is 5.60. The summed E-state index contributed by atoms with van der Waals surface area (Å²) in [5.74, 6) is -0.0764. The summed E-state index contributed by atoms with van der Waals surface area (Å²) in [6, 6.07) is -0.627. The van der Waals surface area contributed by atoms with E-state index >= 15 is 0 Å². The van der Waals surface area contributed by atoms with Gasteiger partial charge in [-0.05, 0) is 51.4 Å². The van der Waals surface area contributed by atoms with Gasteiger partial charge < -0.3 is 15.5 Å². The number of aliphatic hydroxyl groups is 2. The largest absolute Gasteiger partial charge is 0.394 e. The minimum absolute atomic E-state index is 0.0764. The molecule has 0 aliphatic rings. The molecule has 1 amide bonds. The summed E-state index contributed by atoms with van der Waals surface area (Å²) >= 11 is 0. The Morgan fingerprint density at radius 2 is 0.978 bits per heavy atom. The molecule has 0 saturated heterocycles. The zero-order valence-electron chi connectivity index (χ0n) is 29.9. The molecule has 262 valence electrons. The van der Waals surface area contributed by atoms with Crippen LogP contribution in [0.4, 0.5) is 0 Å². The van der Waals surface area contributed by atoms with E-state index in [0.717, 1.165) is 57.8 Å². The maximum absolute atomic E-state index is 12.3. The molecular formula is C41H75NO3. The van der Waals surface area contributed by atoms with Crippen LogP contribution in [-0.2, 0) is 4.79 Å². The molecule has 0 heterocycles. The molecule has 0 radical (unpaired) electrons. The fourth-order valence-electron chi connectivity index (χ4n) is 5.60. The molecule has 0 rings (SSSR count). The van der Waals surface area contributed by atoms with E-state index in [2.05, 4.69) is 55.6 Å². The Bertz CT molecular complexity index is 726. The molecule has 2 unspecified atom stereocenters. The quantitative estimate of drug-likeness (QED) is 0.0490. The molecule has 0 aromatic rings. The van der Waals surface area contributed by atoms with E-state index in [1.54, 1.807) is 6.08 Å². The third-order valence-corrected chi connectivity index (χ3v) is 8.57. The zero-order valence-corrected chi connectivity index (χ0v) is 29.9.